The molecule has 82 valence electrons. The number of anilines is 1. The summed E-state index contributed by atoms with van der Waals surface area (Å²) in [6.07, 6.45) is 1.69. The lowest BCUT2D eigenvalue weighted by Gasteiger charge is -2.09. The van der Waals surface area contributed by atoms with Crippen LogP contribution in [0, 0.1) is 0 Å². The van der Waals surface area contributed by atoms with Crippen molar-refractivity contribution in [2.24, 2.45) is 0 Å². The highest BCUT2D eigenvalue weighted by molar-refractivity contribution is 6.01. The number of pyridine rings is 1. The highest BCUT2D eigenvalue weighted by Gasteiger charge is 2.07. The zero-order chi connectivity index (χ0) is 11.5. The van der Waals surface area contributed by atoms with Crippen LogP contribution >= 0.6 is 0 Å². The van der Waals surface area contributed by atoms with Crippen LogP contribution in [0.15, 0.2) is 30.5 Å². The number of fused-ring (bicyclic) bond motifs is 1. The third-order valence-corrected chi connectivity index (χ3v) is 2.26. The molecule has 1 N–H and O–H groups in total. The van der Waals surface area contributed by atoms with E-state index in [1.807, 2.05) is 18.2 Å². The van der Waals surface area contributed by atoms with Crippen LogP contribution in [-0.2, 0) is 4.79 Å². The second-order valence-corrected chi connectivity index (χ2v) is 3.40. The molecule has 0 fully saturated rings. The van der Waals surface area contributed by atoms with Gasteiger partial charge in [0, 0.05) is 18.5 Å². The number of hydrogen-bond acceptors (Lipinski definition) is 3. The van der Waals surface area contributed by atoms with Crippen molar-refractivity contribution < 1.29 is 9.53 Å². The Balaban J connectivity index is 2.64. The van der Waals surface area contributed by atoms with Crippen molar-refractivity contribution in [1.29, 1.82) is 0 Å². The van der Waals surface area contributed by atoms with Gasteiger partial charge in [-0.2, -0.15) is 0 Å². The SMILES string of the molecule is COc1ccc(NC(C)=O)c2ncccc12. The Bertz CT molecular complexity index is 538. The molecule has 0 aliphatic heterocycles. The summed E-state index contributed by atoms with van der Waals surface area (Å²) in [6.45, 7) is 1.47. The number of nitrogens with one attached hydrogen (secondary N) is 1. The minimum Gasteiger partial charge on any atom is -0.496 e. The van der Waals surface area contributed by atoms with Gasteiger partial charge in [0.25, 0.3) is 0 Å². The quantitative estimate of drug-likeness (QED) is 0.837. The summed E-state index contributed by atoms with van der Waals surface area (Å²) in [7, 11) is 1.61. The molecule has 0 saturated carbocycles. The first-order valence-electron chi connectivity index (χ1n) is 4.91. The molecule has 0 bridgehead atoms. The van der Waals surface area contributed by atoms with Gasteiger partial charge in [0.2, 0.25) is 5.91 Å². The second-order valence-electron chi connectivity index (χ2n) is 3.40. The summed E-state index contributed by atoms with van der Waals surface area (Å²) in [5.74, 6) is 0.634. The van der Waals surface area contributed by atoms with Gasteiger partial charge in [0.1, 0.15) is 5.75 Å². The Hall–Kier alpha value is -2.10. The minimum atomic E-state index is -0.114. The van der Waals surface area contributed by atoms with Crippen LogP contribution < -0.4 is 10.1 Å². The average molecular weight is 216 g/mol. The lowest BCUT2D eigenvalue weighted by Crippen LogP contribution is -2.06. The Morgan fingerprint density at radius 3 is 2.88 bits per heavy atom. The van der Waals surface area contributed by atoms with Crippen LogP contribution in [0.5, 0.6) is 5.75 Å². The van der Waals surface area contributed by atoms with Gasteiger partial charge >= 0.3 is 0 Å². The van der Waals surface area contributed by atoms with E-state index in [-0.39, 0.29) is 5.91 Å². The highest BCUT2D eigenvalue weighted by Crippen LogP contribution is 2.29. The molecule has 0 spiro atoms. The fourth-order valence-corrected chi connectivity index (χ4v) is 1.62. The van der Waals surface area contributed by atoms with E-state index in [9.17, 15) is 4.79 Å². The highest BCUT2D eigenvalue weighted by atomic mass is 16.5. The van der Waals surface area contributed by atoms with Crippen molar-refractivity contribution >= 4 is 22.5 Å². The van der Waals surface area contributed by atoms with E-state index in [2.05, 4.69) is 10.3 Å². The second kappa shape index (κ2) is 4.18. The topological polar surface area (TPSA) is 51.2 Å². The first kappa shape index (κ1) is 10.4. The van der Waals surface area contributed by atoms with Gasteiger partial charge in [-0.25, -0.2) is 0 Å². The average Bonchev–Trinajstić information content (AvgIpc) is 2.29. The monoisotopic (exact) mass is 216 g/mol. The normalized spacial score (nSPS) is 10.1. The number of amides is 1. The van der Waals surface area contributed by atoms with Gasteiger partial charge in [-0.3, -0.25) is 9.78 Å². The predicted octanol–water partition coefficient (Wildman–Crippen LogP) is 2.20. The number of methoxy groups -OCH3 is 1. The molecule has 1 amide bonds. The molecule has 0 saturated heterocycles. The molecule has 2 aromatic rings. The molecule has 2 rings (SSSR count). The summed E-state index contributed by atoms with van der Waals surface area (Å²) < 4.78 is 5.23. The molecule has 0 radical (unpaired) electrons. The molecule has 1 aromatic heterocycles. The Labute approximate surface area is 93.3 Å². The number of nitrogens with zero attached hydrogens (tertiary/aromatic N) is 1. The summed E-state index contributed by atoms with van der Waals surface area (Å²) in [5.41, 5.74) is 1.43. The summed E-state index contributed by atoms with van der Waals surface area (Å²) in [4.78, 5) is 15.3. The molecule has 1 aromatic carbocycles. The van der Waals surface area contributed by atoms with Gasteiger partial charge in [0.05, 0.1) is 18.3 Å². The Morgan fingerprint density at radius 2 is 2.19 bits per heavy atom. The molecule has 0 atom stereocenters. The van der Waals surface area contributed by atoms with Crippen LogP contribution in [0.1, 0.15) is 6.92 Å². The number of rotatable bonds is 2. The molecule has 4 nitrogen and oxygen atoms in total. The van der Waals surface area contributed by atoms with Crippen LogP contribution in [0.25, 0.3) is 10.9 Å². The minimum absolute atomic E-state index is 0.114. The largest absolute Gasteiger partial charge is 0.496 e. The van der Waals surface area contributed by atoms with E-state index in [0.717, 1.165) is 16.7 Å². The molecule has 4 heteroatoms. The summed E-state index contributed by atoms with van der Waals surface area (Å²) in [6, 6.07) is 7.35. The molecular formula is C12H12N2O2. The number of carbonyl (C=O) groups excluding carboxylic acids is 1. The maximum Gasteiger partial charge on any atom is 0.221 e. The zero-order valence-corrected chi connectivity index (χ0v) is 9.15. The lowest BCUT2D eigenvalue weighted by atomic mass is 10.1. The Morgan fingerprint density at radius 1 is 1.38 bits per heavy atom. The molecule has 0 aliphatic carbocycles. The van der Waals surface area contributed by atoms with Crippen LogP contribution in [0.2, 0.25) is 0 Å². The number of ether oxygens (including phenoxy) is 1. The first-order valence-corrected chi connectivity index (χ1v) is 4.91. The van der Waals surface area contributed by atoms with E-state index in [4.69, 9.17) is 4.74 Å². The van der Waals surface area contributed by atoms with Crippen molar-refractivity contribution in [2.75, 3.05) is 12.4 Å². The smallest absolute Gasteiger partial charge is 0.221 e. The fraction of sp³-hybridized carbons (Fsp3) is 0.167. The van der Waals surface area contributed by atoms with E-state index in [1.54, 1.807) is 19.4 Å². The molecule has 0 aliphatic rings. The Kier molecular flexibility index (Phi) is 2.72. The number of carbonyl (C=O) groups is 1. The third kappa shape index (κ3) is 1.82. The predicted molar refractivity (Wildman–Crippen MR) is 62.6 cm³/mol. The van der Waals surface area contributed by atoms with Gasteiger partial charge in [-0.05, 0) is 24.3 Å². The maximum absolute atomic E-state index is 11.0. The van der Waals surface area contributed by atoms with Crippen LogP contribution in [0.3, 0.4) is 0 Å². The third-order valence-electron chi connectivity index (χ3n) is 2.26. The maximum atomic E-state index is 11.0. The van der Waals surface area contributed by atoms with Crippen LogP contribution in [-0.4, -0.2) is 18.0 Å². The van der Waals surface area contributed by atoms with E-state index >= 15 is 0 Å². The van der Waals surface area contributed by atoms with Crippen molar-refractivity contribution in [1.82, 2.24) is 4.98 Å². The number of aromatic nitrogens is 1. The van der Waals surface area contributed by atoms with E-state index in [0.29, 0.717) is 5.69 Å². The number of hydrogen-bond donors (Lipinski definition) is 1. The van der Waals surface area contributed by atoms with Gasteiger partial charge in [-0.1, -0.05) is 0 Å². The summed E-state index contributed by atoms with van der Waals surface area (Å²) in [5, 5.41) is 3.63. The lowest BCUT2D eigenvalue weighted by molar-refractivity contribution is -0.114. The molecular weight excluding hydrogens is 204 g/mol. The first-order chi connectivity index (χ1) is 7.72. The fourth-order valence-electron chi connectivity index (χ4n) is 1.62. The van der Waals surface area contributed by atoms with Gasteiger partial charge in [0.15, 0.2) is 0 Å². The van der Waals surface area contributed by atoms with E-state index in [1.165, 1.54) is 6.92 Å². The number of benzene rings is 1. The van der Waals surface area contributed by atoms with Crippen molar-refractivity contribution in [3.63, 3.8) is 0 Å². The molecule has 0 unspecified atom stereocenters. The van der Waals surface area contributed by atoms with Crippen molar-refractivity contribution in [3.8, 4) is 5.75 Å². The summed E-state index contributed by atoms with van der Waals surface area (Å²) >= 11 is 0. The zero-order valence-electron chi connectivity index (χ0n) is 9.15. The molecule has 1 heterocycles. The molecule has 16 heavy (non-hydrogen) atoms. The van der Waals surface area contributed by atoms with Crippen molar-refractivity contribution in [3.05, 3.63) is 30.5 Å². The standard InChI is InChI=1S/C12H12N2O2/c1-8(15)14-10-5-6-11(16-2)9-4-3-7-13-12(9)10/h3-7H,1-2H3,(H,14,15). The van der Waals surface area contributed by atoms with Crippen molar-refractivity contribution in [2.45, 2.75) is 6.92 Å². The van der Waals surface area contributed by atoms with E-state index < -0.39 is 0 Å². The van der Waals surface area contributed by atoms with Crippen LogP contribution in [0.4, 0.5) is 5.69 Å². The van der Waals surface area contributed by atoms with Gasteiger partial charge < -0.3 is 10.1 Å². The van der Waals surface area contributed by atoms with Gasteiger partial charge in [-0.15, -0.1) is 0 Å².